The van der Waals surface area contributed by atoms with Gasteiger partial charge in [-0.3, -0.25) is 0 Å². The van der Waals surface area contributed by atoms with Crippen LogP contribution in [0.2, 0.25) is 0 Å². The van der Waals surface area contributed by atoms with Gasteiger partial charge in [-0.05, 0) is 34.1 Å². The van der Waals surface area contributed by atoms with E-state index in [1.54, 1.807) is 35.3 Å². The lowest BCUT2D eigenvalue weighted by atomic mass is 10.2. The maximum absolute atomic E-state index is 9.57. The predicted molar refractivity (Wildman–Crippen MR) is 57.3 cm³/mol. The number of anilines is 1. The Morgan fingerprint density at radius 2 is 2.21 bits per heavy atom. The molecule has 0 saturated carbocycles. The van der Waals surface area contributed by atoms with Crippen molar-refractivity contribution in [2.24, 2.45) is 0 Å². The molecule has 14 heavy (non-hydrogen) atoms. The summed E-state index contributed by atoms with van der Waals surface area (Å²) in [6.07, 6.45) is 3.39. The van der Waals surface area contributed by atoms with Crippen molar-refractivity contribution in [3.63, 3.8) is 0 Å². The average molecular weight is 254 g/mol. The standard InChI is InChI=1S/C9H8BrN3O/c10-6-4-12-13(5-6)8-3-7(11)1-2-9(8)14/h1-5,14H,11H2. The summed E-state index contributed by atoms with van der Waals surface area (Å²) in [5.74, 6) is 0.148. The van der Waals surface area contributed by atoms with E-state index in [1.807, 2.05) is 0 Å². The molecule has 4 nitrogen and oxygen atoms in total. The van der Waals surface area contributed by atoms with Gasteiger partial charge in [0.25, 0.3) is 0 Å². The third-order valence-electron chi connectivity index (χ3n) is 1.80. The monoisotopic (exact) mass is 253 g/mol. The number of rotatable bonds is 1. The molecule has 0 aliphatic rings. The van der Waals surface area contributed by atoms with Crippen LogP contribution >= 0.6 is 15.9 Å². The molecule has 0 unspecified atom stereocenters. The van der Waals surface area contributed by atoms with Crippen LogP contribution in [0.15, 0.2) is 35.1 Å². The van der Waals surface area contributed by atoms with Crippen molar-refractivity contribution in [1.82, 2.24) is 9.78 Å². The van der Waals surface area contributed by atoms with Crippen molar-refractivity contribution < 1.29 is 5.11 Å². The minimum absolute atomic E-state index is 0.148. The normalized spacial score (nSPS) is 10.4. The number of nitrogens with two attached hydrogens (primary N) is 1. The van der Waals surface area contributed by atoms with Crippen LogP contribution in [0.1, 0.15) is 0 Å². The molecular weight excluding hydrogens is 246 g/mol. The van der Waals surface area contributed by atoms with Gasteiger partial charge >= 0.3 is 0 Å². The summed E-state index contributed by atoms with van der Waals surface area (Å²) in [5.41, 5.74) is 6.76. The van der Waals surface area contributed by atoms with E-state index < -0.39 is 0 Å². The fourth-order valence-electron chi connectivity index (χ4n) is 1.16. The Kier molecular flexibility index (Phi) is 2.17. The van der Waals surface area contributed by atoms with Crippen molar-refractivity contribution in [3.05, 3.63) is 35.1 Å². The number of nitrogen functional groups attached to an aromatic ring is 1. The van der Waals surface area contributed by atoms with Gasteiger partial charge in [0.05, 0.1) is 10.7 Å². The molecule has 3 N–H and O–H groups in total. The number of hydrogen-bond acceptors (Lipinski definition) is 3. The quantitative estimate of drug-likeness (QED) is 0.603. The van der Waals surface area contributed by atoms with Gasteiger partial charge in [-0.2, -0.15) is 5.10 Å². The highest BCUT2D eigenvalue weighted by Crippen LogP contribution is 2.24. The fourth-order valence-corrected chi connectivity index (χ4v) is 1.44. The van der Waals surface area contributed by atoms with Gasteiger partial charge in [-0.1, -0.05) is 0 Å². The van der Waals surface area contributed by atoms with Crippen molar-refractivity contribution >= 4 is 21.6 Å². The highest BCUT2D eigenvalue weighted by Gasteiger charge is 2.04. The van der Waals surface area contributed by atoms with Crippen molar-refractivity contribution in [2.45, 2.75) is 0 Å². The number of benzene rings is 1. The van der Waals surface area contributed by atoms with Crippen LogP contribution in [0.3, 0.4) is 0 Å². The smallest absolute Gasteiger partial charge is 0.141 e. The van der Waals surface area contributed by atoms with E-state index in [9.17, 15) is 5.11 Å². The van der Waals surface area contributed by atoms with Crippen LogP contribution in [-0.2, 0) is 0 Å². The molecule has 1 aromatic heterocycles. The summed E-state index contributed by atoms with van der Waals surface area (Å²) in [6, 6.07) is 4.84. The van der Waals surface area contributed by atoms with E-state index in [2.05, 4.69) is 21.0 Å². The maximum atomic E-state index is 9.57. The second kappa shape index (κ2) is 3.34. The number of nitrogens with zero attached hydrogens (tertiary/aromatic N) is 2. The van der Waals surface area contributed by atoms with Crippen molar-refractivity contribution in [3.8, 4) is 11.4 Å². The molecule has 0 radical (unpaired) electrons. The third kappa shape index (κ3) is 1.58. The van der Waals surface area contributed by atoms with Gasteiger partial charge in [-0.25, -0.2) is 4.68 Å². The molecular formula is C9H8BrN3O. The average Bonchev–Trinajstić information content (AvgIpc) is 2.56. The molecule has 0 atom stereocenters. The molecule has 2 aromatic rings. The van der Waals surface area contributed by atoms with Gasteiger partial charge in [0.2, 0.25) is 0 Å². The van der Waals surface area contributed by atoms with Crippen molar-refractivity contribution in [1.29, 1.82) is 0 Å². The third-order valence-corrected chi connectivity index (χ3v) is 2.21. The van der Waals surface area contributed by atoms with Gasteiger partial charge in [0.1, 0.15) is 11.4 Å². The van der Waals surface area contributed by atoms with Gasteiger partial charge in [-0.15, -0.1) is 0 Å². The van der Waals surface area contributed by atoms with E-state index in [0.29, 0.717) is 11.4 Å². The Morgan fingerprint density at radius 1 is 1.43 bits per heavy atom. The predicted octanol–water partition coefficient (Wildman–Crippen LogP) is 1.92. The first-order chi connectivity index (χ1) is 6.66. The molecule has 5 heteroatoms. The summed E-state index contributed by atoms with van der Waals surface area (Å²) >= 11 is 3.28. The molecule has 0 saturated heterocycles. The zero-order valence-electron chi connectivity index (χ0n) is 7.18. The van der Waals surface area contributed by atoms with E-state index in [0.717, 1.165) is 4.47 Å². The van der Waals surface area contributed by atoms with Crippen LogP contribution < -0.4 is 5.73 Å². The summed E-state index contributed by atoms with van der Waals surface area (Å²) in [6.45, 7) is 0. The summed E-state index contributed by atoms with van der Waals surface area (Å²) < 4.78 is 2.40. The molecule has 72 valence electrons. The summed E-state index contributed by atoms with van der Waals surface area (Å²) in [4.78, 5) is 0. The Morgan fingerprint density at radius 3 is 2.86 bits per heavy atom. The Balaban J connectivity index is 2.55. The molecule has 0 fully saturated rings. The second-order valence-corrected chi connectivity index (χ2v) is 3.77. The molecule has 0 bridgehead atoms. The first-order valence-corrected chi connectivity index (χ1v) is 4.75. The van der Waals surface area contributed by atoms with Crippen LogP contribution in [0.25, 0.3) is 5.69 Å². The SMILES string of the molecule is Nc1ccc(O)c(-n2cc(Br)cn2)c1. The number of aromatic hydroxyl groups is 1. The summed E-state index contributed by atoms with van der Waals surface area (Å²) in [5, 5.41) is 13.6. The van der Waals surface area contributed by atoms with E-state index in [4.69, 9.17) is 5.73 Å². The number of aromatic nitrogens is 2. The topological polar surface area (TPSA) is 64.1 Å². The Labute approximate surface area is 89.1 Å². The largest absolute Gasteiger partial charge is 0.506 e. The number of phenolic OH excluding ortho intramolecular Hbond substituents is 1. The molecule has 2 rings (SSSR count). The van der Waals surface area contributed by atoms with Crippen LogP contribution in [-0.4, -0.2) is 14.9 Å². The van der Waals surface area contributed by atoms with Crippen LogP contribution in [0.5, 0.6) is 5.75 Å². The molecule has 1 aromatic carbocycles. The molecule has 0 spiro atoms. The number of halogens is 1. The zero-order chi connectivity index (χ0) is 10.1. The van der Waals surface area contributed by atoms with E-state index >= 15 is 0 Å². The van der Waals surface area contributed by atoms with E-state index in [-0.39, 0.29) is 5.75 Å². The first kappa shape index (κ1) is 9.08. The molecule has 0 aliphatic carbocycles. The Bertz CT molecular complexity index is 467. The van der Waals surface area contributed by atoms with E-state index in [1.165, 1.54) is 0 Å². The first-order valence-electron chi connectivity index (χ1n) is 3.96. The lowest BCUT2D eigenvalue weighted by Gasteiger charge is -2.04. The summed E-state index contributed by atoms with van der Waals surface area (Å²) in [7, 11) is 0. The highest BCUT2D eigenvalue weighted by atomic mass is 79.9. The molecule has 0 amide bonds. The second-order valence-electron chi connectivity index (χ2n) is 2.85. The molecule has 0 aliphatic heterocycles. The van der Waals surface area contributed by atoms with Gasteiger partial charge in [0.15, 0.2) is 0 Å². The minimum atomic E-state index is 0.148. The highest BCUT2D eigenvalue weighted by molar-refractivity contribution is 9.10. The van der Waals surface area contributed by atoms with Gasteiger partial charge < -0.3 is 10.8 Å². The lowest BCUT2D eigenvalue weighted by molar-refractivity contribution is 0.470. The zero-order valence-corrected chi connectivity index (χ0v) is 8.77. The number of hydrogen-bond donors (Lipinski definition) is 2. The minimum Gasteiger partial charge on any atom is -0.506 e. The molecule has 1 heterocycles. The maximum Gasteiger partial charge on any atom is 0.141 e. The lowest BCUT2D eigenvalue weighted by Crippen LogP contribution is -1.96. The van der Waals surface area contributed by atoms with Crippen LogP contribution in [0, 0.1) is 0 Å². The fraction of sp³-hybridized carbons (Fsp3) is 0. The Hall–Kier alpha value is -1.49. The van der Waals surface area contributed by atoms with Gasteiger partial charge in [0, 0.05) is 11.9 Å². The van der Waals surface area contributed by atoms with Crippen molar-refractivity contribution in [2.75, 3.05) is 5.73 Å². The number of phenols is 1. The van der Waals surface area contributed by atoms with Crippen LogP contribution in [0.4, 0.5) is 5.69 Å².